The van der Waals surface area contributed by atoms with Crippen molar-refractivity contribution in [3.63, 3.8) is 0 Å². The standard InChI is InChI=1S/C15H14ClN3O5S/c1-8-7-25(22,23)19(15(8)21)10-3-4-11(12(16)6-10)14(20)17-13-5-9(2)24-18-13/h3-6,8H,7H2,1-2H3,(H,17,18,20). The van der Waals surface area contributed by atoms with Crippen molar-refractivity contribution in [2.24, 2.45) is 5.92 Å². The molecule has 0 radical (unpaired) electrons. The lowest BCUT2D eigenvalue weighted by molar-refractivity contribution is -0.119. The minimum atomic E-state index is -3.73. The number of hydrogen-bond acceptors (Lipinski definition) is 6. The number of anilines is 2. The van der Waals surface area contributed by atoms with Crippen molar-refractivity contribution in [3.8, 4) is 0 Å². The van der Waals surface area contributed by atoms with Crippen molar-refractivity contribution in [3.05, 3.63) is 40.6 Å². The van der Waals surface area contributed by atoms with Gasteiger partial charge in [-0.05, 0) is 25.1 Å². The zero-order valence-electron chi connectivity index (χ0n) is 13.3. The van der Waals surface area contributed by atoms with Crippen LogP contribution in [0.2, 0.25) is 5.02 Å². The molecule has 1 aromatic carbocycles. The Morgan fingerprint density at radius 3 is 2.64 bits per heavy atom. The van der Waals surface area contributed by atoms with Crippen LogP contribution in [0.15, 0.2) is 28.8 Å². The smallest absolute Gasteiger partial charge is 0.258 e. The van der Waals surface area contributed by atoms with E-state index in [1.807, 2.05) is 0 Å². The maximum absolute atomic E-state index is 12.2. The number of benzene rings is 1. The summed E-state index contributed by atoms with van der Waals surface area (Å²) in [5.41, 5.74) is 0.219. The van der Waals surface area contributed by atoms with Gasteiger partial charge in [0.05, 0.1) is 27.9 Å². The van der Waals surface area contributed by atoms with Crippen molar-refractivity contribution >= 4 is 44.9 Å². The Bertz CT molecular complexity index is 969. The van der Waals surface area contributed by atoms with Gasteiger partial charge in [0, 0.05) is 6.07 Å². The third-order valence-electron chi connectivity index (χ3n) is 3.66. The topological polar surface area (TPSA) is 110 Å². The molecule has 0 bridgehead atoms. The van der Waals surface area contributed by atoms with E-state index in [1.54, 1.807) is 13.8 Å². The Hall–Kier alpha value is -2.39. The normalized spacial score (nSPS) is 19.2. The number of carbonyl (C=O) groups is 2. The van der Waals surface area contributed by atoms with Crippen molar-refractivity contribution in [2.75, 3.05) is 15.4 Å². The second-order valence-electron chi connectivity index (χ2n) is 5.72. The lowest BCUT2D eigenvalue weighted by Crippen LogP contribution is -2.30. The number of aromatic nitrogens is 1. The van der Waals surface area contributed by atoms with Crippen LogP contribution in [0.1, 0.15) is 23.0 Å². The van der Waals surface area contributed by atoms with Gasteiger partial charge in [0.2, 0.25) is 15.9 Å². The zero-order chi connectivity index (χ0) is 18.4. The van der Waals surface area contributed by atoms with Gasteiger partial charge in [-0.2, -0.15) is 0 Å². The van der Waals surface area contributed by atoms with Gasteiger partial charge in [-0.1, -0.05) is 23.7 Å². The molecule has 1 aromatic heterocycles. The van der Waals surface area contributed by atoms with Gasteiger partial charge in [0.1, 0.15) is 5.76 Å². The summed E-state index contributed by atoms with van der Waals surface area (Å²) in [6.45, 7) is 3.22. The number of carbonyl (C=O) groups excluding carboxylic acids is 2. The van der Waals surface area contributed by atoms with Gasteiger partial charge >= 0.3 is 0 Å². The van der Waals surface area contributed by atoms with Crippen LogP contribution in [0.5, 0.6) is 0 Å². The van der Waals surface area contributed by atoms with Crippen molar-refractivity contribution < 1.29 is 22.5 Å². The monoisotopic (exact) mass is 383 g/mol. The number of amides is 2. The van der Waals surface area contributed by atoms with E-state index in [9.17, 15) is 18.0 Å². The van der Waals surface area contributed by atoms with E-state index >= 15 is 0 Å². The molecule has 25 heavy (non-hydrogen) atoms. The van der Waals surface area contributed by atoms with E-state index in [4.69, 9.17) is 16.1 Å². The summed E-state index contributed by atoms with van der Waals surface area (Å²) in [5.74, 6) is -1.17. The summed E-state index contributed by atoms with van der Waals surface area (Å²) in [4.78, 5) is 24.3. The highest BCUT2D eigenvalue weighted by Gasteiger charge is 2.42. The number of hydrogen-bond donors (Lipinski definition) is 1. The summed E-state index contributed by atoms with van der Waals surface area (Å²) >= 11 is 6.11. The quantitative estimate of drug-likeness (QED) is 0.870. The Morgan fingerprint density at radius 1 is 1.40 bits per heavy atom. The molecule has 1 N–H and O–H groups in total. The van der Waals surface area contributed by atoms with E-state index in [0.717, 1.165) is 4.31 Å². The Kier molecular flexibility index (Phi) is 4.29. The maximum atomic E-state index is 12.2. The van der Waals surface area contributed by atoms with Crippen LogP contribution in [-0.2, 0) is 14.8 Å². The fraction of sp³-hybridized carbons (Fsp3) is 0.267. The predicted molar refractivity (Wildman–Crippen MR) is 91.1 cm³/mol. The zero-order valence-corrected chi connectivity index (χ0v) is 14.9. The van der Waals surface area contributed by atoms with Gasteiger partial charge < -0.3 is 9.84 Å². The molecule has 8 nitrogen and oxygen atoms in total. The molecule has 10 heteroatoms. The van der Waals surface area contributed by atoms with Crippen molar-refractivity contribution in [2.45, 2.75) is 13.8 Å². The van der Waals surface area contributed by atoms with Crippen LogP contribution >= 0.6 is 11.6 Å². The number of rotatable bonds is 3. The molecule has 1 fully saturated rings. The first-order valence-corrected chi connectivity index (χ1v) is 9.29. The van der Waals surface area contributed by atoms with Crippen LogP contribution in [0.4, 0.5) is 11.5 Å². The van der Waals surface area contributed by atoms with Gasteiger partial charge in [-0.15, -0.1) is 0 Å². The maximum Gasteiger partial charge on any atom is 0.258 e. The summed E-state index contributed by atoms with van der Waals surface area (Å²) < 4.78 is 29.8. The van der Waals surface area contributed by atoms with E-state index in [-0.39, 0.29) is 27.8 Å². The molecule has 132 valence electrons. The third-order valence-corrected chi connectivity index (χ3v) is 5.84. The largest absolute Gasteiger partial charge is 0.360 e. The van der Waals surface area contributed by atoms with Crippen molar-refractivity contribution in [1.82, 2.24) is 5.16 Å². The highest BCUT2D eigenvalue weighted by molar-refractivity contribution is 7.94. The predicted octanol–water partition coefficient (Wildman–Crippen LogP) is 2.20. The number of aryl methyl sites for hydroxylation is 1. The molecule has 1 aliphatic heterocycles. The number of nitrogens with zero attached hydrogens (tertiary/aromatic N) is 2. The molecule has 0 aliphatic carbocycles. The summed E-state index contributed by atoms with van der Waals surface area (Å²) in [6, 6.07) is 5.53. The molecular formula is C15H14ClN3O5S. The van der Waals surface area contributed by atoms with Crippen LogP contribution in [0.25, 0.3) is 0 Å². The first kappa shape index (κ1) is 17.4. The van der Waals surface area contributed by atoms with Gasteiger partial charge in [0.15, 0.2) is 5.82 Å². The average Bonchev–Trinajstić information content (AvgIpc) is 2.99. The fourth-order valence-corrected chi connectivity index (χ4v) is 4.58. The van der Waals surface area contributed by atoms with E-state index in [2.05, 4.69) is 10.5 Å². The van der Waals surface area contributed by atoms with Gasteiger partial charge in [-0.3, -0.25) is 9.59 Å². The fourth-order valence-electron chi connectivity index (χ4n) is 2.51. The number of halogens is 1. The minimum absolute atomic E-state index is 0.0118. The highest BCUT2D eigenvalue weighted by Crippen LogP contribution is 2.31. The Labute approximate surface area is 148 Å². The van der Waals surface area contributed by atoms with Crippen LogP contribution < -0.4 is 9.62 Å². The lowest BCUT2D eigenvalue weighted by Gasteiger charge is -2.16. The third kappa shape index (κ3) is 3.24. The lowest BCUT2D eigenvalue weighted by atomic mass is 10.1. The number of sulfonamides is 1. The first-order valence-electron chi connectivity index (χ1n) is 7.30. The molecule has 2 heterocycles. The second kappa shape index (κ2) is 6.16. The molecule has 2 aromatic rings. The molecule has 0 spiro atoms. The first-order chi connectivity index (χ1) is 11.7. The second-order valence-corrected chi connectivity index (χ2v) is 7.99. The average molecular weight is 384 g/mol. The van der Waals surface area contributed by atoms with Crippen LogP contribution in [0, 0.1) is 12.8 Å². The molecule has 1 unspecified atom stereocenters. The molecule has 1 saturated heterocycles. The van der Waals surface area contributed by atoms with E-state index < -0.39 is 27.8 Å². The molecule has 1 aliphatic rings. The molecule has 1 atom stereocenters. The minimum Gasteiger partial charge on any atom is -0.360 e. The molecular weight excluding hydrogens is 370 g/mol. The van der Waals surface area contributed by atoms with Gasteiger partial charge in [-0.25, -0.2) is 12.7 Å². The van der Waals surface area contributed by atoms with Crippen LogP contribution in [-0.4, -0.2) is 31.1 Å². The molecule has 0 saturated carbocycles. The summed E-state index contributed by atoms with van der Waals surface area (Å²) in [6.07, 6.45) is 0. The summed E-state index contributed by atoms with van der Waals surface area (Å²) in [7, 11) is -3.73. The van der Waals surface area contributed by atoms with Crippen molar-refractivity contribution in [1.29, 1.82) is 0 Å². The van der Waals surface area contributed by atoms with Crippen LogP contribution in [0.3, 0.4) is 0 Å². The van der Waals surface area contributed by atoms with Gasteiger partial charge in [0.25, 0.3) is 5.91 Å². The number of nitrogens with one attached hydrogen (secondary N) is 1. The summed E-state index contributed by atoms with van der Waals surface area (Å²) in [5, 5.41) is 6.17. The Balaban J connectivity index is 1.88. The SMILES string of the molecule is Cc1cc(NC(=O)c2ccc(N3C(=O)C(C)CS3(=O)=O)cc2Cl)no1. The van der Waals surface area contributed by atoms with E-state index in [1.165, 1.54) is 24.3 Å². The molecule has 3 rings (SSSR count). The Morgan fingerprint density at radius 2 is 2.12 bits per heavy atom. The molecule has 2 amide bonds. The highest BCUT2D eigenvalue weighted by atomic mass is 35.5. The van der Waals surface area contributed by atoms with E-state index in [0.29, 0.717) is 5.76 Å².